The van der Waals surface area contributed by atoms with E-state index in [0.717, 1.165) is 32.7 Å². The standard InChI is InChI=1S/C14H20N6O2/c21-13(16-6-10-18-8-4-15-5-9-18)11-20-14(22)19-7-2-1-3-12(19)17-20/h1-3,7,15H,4-6,8-11H2,(H,16,21). The molecule has 0 bridgehead atoms. The minimum atomic E-state index is -0.298. The van der Waals surface area contributed by atoms with Crippen LogP contribution in [0.3, 0.4) is 0 Å². The molecular weight excluding hydrogens is 284 g/mol. The van der Waals surface area contributed by atoms with Crippen LogP contribution in [0.5, 0.6) is 0 Å². The van der Waals surface area contributed by atoms with Gasteiger partial charge in [-0.25, -0.2) is 9.48 Å². The quantitative estimate of drug-likeness (QED) is 0.704. The molecule has 0 saturated carbocycles. The third-order valence-corrected chi connectivity index (χ3v) is 3.74. The first-order valence-corrected chi connectivity index (χ1v) is 7.48. The van der Waals surface area contributed by atoms with Crippen molar-refractivity contribution in [2.45, 2.75) is 6.54 Å². The Labute approximate surface area is 127 Å². The Balaban J connectivity index is 1.52. The second kappa shape index (κ2) is 6.71. The highest BCUT2D eigenvalue weighted by molar-refractivity contribution is 5.75. The van der Waals surface area contributed by atoms with E-state index < -0.39 is 0 Å². The molecule has 2 aromatic rings. The molecule has 0 radical (unpaired) electrons. The van der Waals surface area contributed by atoms with Crippen LogP contribution in [0, 0.1) is 0 Å². The predicted octanol–water partition coefficient (Wildman–Crippen LogP) is -1.48. The molecule has 2 N–H and O–H groups in total. The van der Waals surface area contributed by atoms with Crippen LogP contribution in [0.1, 0.15) is 0 Å². The van der Waals surface area contributed by atoms with Crippen molar-refractivity contribution in [3.05, 3.63) is 34.9 Å². The molecule has 0 aliphatic carbocycles. The maximum absolute atomic E-state index is 12.1. The first-order valence-electron chi connectivity index (χ1n) is 7.48. The predicted molar refractivity (Wildman–Crippen MR) is 81.8 cm³/mol. The summed E-state index contributed by atoms with van der Waals surface area (Å²) in [7, 11) is 0. The molecule has 118 valence electrons. The van der Waals surface area contributed by atoms with E-state index in [1.165, 1.54) is 9.08 Å². The van der Waals surface area contributed by atoms with E-state index in [-0.39, 0.29) is 18.1 Å². The van der Waals surface area contributed by atoms with E-state index in [2.05, 4.69) is 20.6 Å². The highest BCUT2D eigenvalue weighted by atomic mass is 16.2. The fourth-order valence-electron chi connectivity index (χ4n) is 2.55. The lowest BCUT2D eigenvalue weighted by Gasteiger charge is -2.27. The first-order chi connectivity index (χ1) is 10.7. The molecule has 3 heterocycles. The summed E-state index contributed by atoms with van der Waals surface area (Å²) in [6, 6.07) is 5.30. The van der Waals surface area contributed by atoms with E-state index in [0.29, 0.717) is 12.2 Å². The minimum Gasteiger partial charge on any atom is -0.353 e. The van der Waals surface area contributed by atoms with Crippen LogP contribution < -0.4 is 16.3 Å². The third-order valence-electron chi connectivity index (χ3n) is 3.74. The number of nitrogens with zero attached hydrogens (tertiary/aromatic N) is 4. The van der Waals surface area contributed by atoms with Gasteiger partial charge < -0.3 is 10.6 Å². The largest absolute Gasteiger partial charge is 0.353 e. The number of aromatic nitrogens is 3. The number of fused-ring (bicyclic) bond motifs is 1. The second-order valence-corrected chi connectivity index (χ2v) is 5.31. The summed E-state index contributed by atoms with van der Waals surface area (Å²) in [5.41, 5.74) is 0.244. The molecule has 2 aromatic heterocycles. The van der Waals surface area contributed by atoms with Crippen LogP contribution in [-0.2, 0) is 11.3 Å². The number of nitrogens with one attached hydrogen (secondary N) is 2. The van der Waals surface area contributed by atoms with E-state index in [1.807, 2.05) is 0 Å². The van der Waals surface area contributed by atoms with Crippen molar-refractivity contribution in [3.63, 3.8) is 0 Å². The van der Waals surface area contributed by atoms with Crippen molar-refractivity contribution in [2.24, 2.45) is 0 Å². The van der Waals surface area contributed by atoms with E-state index in [1.54, 1.807) is 24.4 Å². The molecule has 22 heavy (non-hydrogen) atoms. The summed E-state index contributed by atoms with van der Waals surface area (Å²) in [4.78, 5) is 26.3. The Kier molecular flexibility index (Phi) is 4.50. The van der Waals surface area contributed by atoms with Crippen LogP contribution in [0.25, 0.3) is 5.65 Å². The summed E-state index contributed by atoms with van der Waals surface area (Å²) in [6.07, 6.45) is 1.64. The lowest BCUT2D eigenvalue weighted by molar-refractivity contribution is -0.121. The molecule has 0 unspecified atom stereocenters. The number of carbonyl (C=O) groups excluding carboxylic acids is 1. The molecule has 1 fully saturated rings. The summed E-state index contributed by atoms with van der Waals surface area (Å²) < 4.78 is 2.61. The Bertz CT molecular complexity index is 701. The van der Waals surface area contributed by atoms with Gasteiger partial charge >= 0.3 is 5.69 Å². The normalized spacial score (nSPS) is 16.0. The van der Waals surface area contributed by atoms with Gasteiger partial charge in [0.15, 0.2) is 5.65 Å². The maximum Gasteiger partial charge on any atom is 0.350 e. The number of pyridine rings is 1. The van der Waals surface area contributed by atoms with Gasteiger partial charge in [0.05, 0.1) is 0 Å². The van der Waals surface area contributed by atoms with Crippen molar-refractivity contribution >= 4 is 11.6 Å². The minimum absolute atomic E-state index is 0.0535. The summed E-state index contributed by atoms with van der Waals surface area (Å²) in [5.74, 6) is -0.194. The topological polar surface area (TPSA) is 83.7 Å². The zero-order valence-electron chi connectivity index (χ0n) is 12.4. The highest BCUT2D eigenvalue weighted by Gasteiger charge is 2.12. The molecule has 3 rings (SSSR count). The highest BCUT2D eigenvalue weighted by Crippen LogP contribution is 1.95. The number of piperazine rings is 1. The number of rotatable bonds is 5. The molecule has 1 amide bonds. The lowest BCUT2D eigenvalue weighted by Crippen LogP contribution is -2.46. The van der Waals surface area contributed by atoms with Crippen LogP contribution in [-0.4, -0.2) is 64.3 Å². The van der Waals surface area contributed by atoms with Crippen molar-refractivity contribution in [3.8, 4) is 0 Å². The summed E-state index contributed by atoms with van der Waals surface area (Å²) in [6.45, 7) is 5.34. The van der Waals surface area contributed by atoms with Crippen LogP contribution in [0.15, 0.2) is 29.2 Å². The van der Waals surface area contributed by atoms with Gasteiger partial charge in [-0.3, -0.25) is 14.1 Å². The van der Waals surface area contributed by atoms with Gasteiger partial charge in [0.1, 0.15) is 6.54 Å². The smallest absolute Gasteiger partial charge is 0.350 e. The summed E-state index contributed by atoms with van der Waals surface area (Å²) >= 11 is 0. The SMILES string of the molecule is O=C(Cn1nc2ccccn2c1=O)NCCN1CCNCC1. The van der Waals surface area contributed by atoms with Crippen molar-refractivity contribution in [1.29, 1.82) is 0 Å². The van der Waals surface area contributed by atoms with Gasteiger partial charge in [0.25, 0.3) is 0 Å². The number of hydrogen-bond donors (Lipinski definition) is 2. The Morgan fingerprint density at radius 3 is 2.91 bits per heavy atom. The molecule has 0 aromatic carbocycles. The number of amides is 1. The van der Waals surface area contributed by atoms with E-state index >= 15 is 0 Å². The average Bonchev–Trinajstić information content (AvgIpc) is 2.85. The third kappa shape index (κ3) is 3.34. The van der Waals surface area contributed by atoms with Gasteiger partial charge in [-0.1, -0.05) is 6.07 Å². The second-order valence-electron chi connectivity index (χ2n) is 5.31. The van der Waals surface area contributed by atoms with Gasteiger partial charge in [-0.2, -0.15) is 0 Å². The summed E-state index contributed by atoms with van der Waals surface area (Å²) in [5, 5.41) is 10.3. The van der Waals surface area contributed by atoms with Gasteiger partial charge in [0, 0.05) is 45.5 Å². The molecule has 8 heteroatoms. The van der Waals surface area contributed by atoms with Crippen molar-refractivity contribution in [1.82, 2.24) is 29.7 Å². The van der Waals surface area contributed by atoms with Gasteiger partial charge in [0.2, 0.25) is 5.91 Å². The van der Waals surface area contributed by atoms with Crippen LogP contribution >= 0.6 is 0 Å². The maximum atomic E-state index is 12.1. The zero-order chi connectivity index (χ0) is 15.4. The fraction of sp³-hybridized carbons (Fsp3) is 0.500. The van der Waals surface area contributed by atoms with Crippen molar-refractivity contribution in [2.75, 3.05) is 39.3 Å². The number of hydrogen-bond acceptors (Lipinski definition) is 5. The Hall–Kier alpha value is -2.19. The lowest BCUT2D eigenvalue weighted by atomic mass is 10.3. The average molecular weight is 304 g/mol. The monoisotopic (exact) mass is 304 g/mol. The molecule has 1 aliphatic heterocycles. The van der Waals surface area contributed by atoms with Gasteiger partial charge in [-0.05, 0) is 12.1 Å². The Morgan fingerprint density at radius 2 is 2.14 bits per heavy atom. The molecule has 0 atom stereocenters. The van der Waals surface area contributed by atoms with E-state index in [4.69, 9.17) is 0 Å². The zero-order valence-corrected chi connectivity index (χ0v) is 12.4. The first kappa shape index (κ1) is 14.7. The molecule has 1 aliphatic rings. The number of carbonyl (C=O) groups is 1. The van der Waals surface area contributed by atoms with Crippen molar-refractivity contribution < 1.29 is 4.79 Å². The fourth-order valence-corrected chi connectivity index (χ4v) is 2.55. The van der Waals surface area contributed by atoms with Crippen LogP contribution in [0.4, 0.5) is 0 Å². The molecule has 8 nitrogen and oxygen atoms in total. The van der Waals surface area contributed by atoms with Gasteiger partial charge in [-0.15, -0.1) is 5.10 Å². The molecule has 1 saturated heterocycles. The molecule has 0 spiro atoms. The Morgan fingerprint density at radius 1 is 1.32 bits per heavy atom. The molecular formula is C14H20N6O2. The van der Waals surface area contributed by atoms with Crippen LogP contribution in [0.2, 0.25) is 0 Å². The van der Waals surface area contributed by atoms with E-state index in [9.17, 15) is 9.59 Å².